The summed E-state index contributed by atoms with van der Waals surface area (Å²) in [6.07, 6.45) is 2.18. The molecule has 1 unspecified atom stereocenters. The molecular weight excluding hydrogens is 212 g/mol. The lowest BCUT2D eigenvalue weighted by Gasteiger charge is -2.00. The van der Waals surface area contributed by atoms with E-state index < -0.39 is 10.8 Å². The Morgan fingerprint density at radius 2 is 2.33 bits per heavy atom. The standard InChI is InChI=1S/C10H12N2O2S/c13-4-1-5-15(14)8-2-3-9-10(6-8)12-7-11-9/h2-3,6-7,13H,1,4-5H2,(H,11,12). The van der Waals surface area contributed by atoms with E-state index in [1.165, 1.54) is 0 Å². The quantitative estimate of drug-likeness (QED) is 0.816. The maximum absolute atomic E-state index is 11.7. The predicted octanol–water partition coefficient (Wildman–Crippen LogP) is 1.05. The summed E-state index contributed by atoms with van der Waals surface area (Å²) in [5.41, 5.74) is 1.77. The Balaban J connectivity index is 2.23. The molecule has 80 valence electrons. The number of benzene rings is 1. The first-order chi connectivity index (χ1) is 7.31. The number of aromatic nitrogens is 2. The van der Waals surface area contributed by atoms with E-state index in [0.717, 1.165) is 15.9 Å². The third kappa shape index (κ3) is 2.24. The third-order valence-electron chi connectivity index (χ3n) is 2.14. The van der Waals surface area contributed by atoms with Crippen LogP contribution in [0.4, 0.5) is 0 Å². The first kappa shape index (κ1) is 10.3. The highest BCUT2D eigenvalue weighted by Gasteiger charge is 2.05. The van der Waals surface area contributed by atoms with E-state index in [1.54, 1.807) is 6.33 Å². The number of hydrogen-bond donors (Lipinski definition) is 2. The summed E-state index contributed by atoms with van der Waals surface area (Å²) in [4.78, 5) is 7.84. The van der Waals surface area contributed by atoms with Gasteiger partial charge in [0.25, 0.3) is 0 Å². The summed E-state index contributed by atoms with van der Waals surface area (Å²) in [5.74, 6) is 0.496. The number of aromatic amines is 1. The van der Waals surface area contributed by atoms with Crippen molar-refractivity contribution in [3.05, 3.63) is 24.5 Å². The average molecular weight is 224 g/mol. The van der Waals surface area contributed by atoms with Crippen molar-refractivity contribution in [3.63, 3.8) is 0 Å². The Hall–Kier alpha value is -1.20. The molecule has 15 heavy (non-hydrogen) atoms. The van der Waals surface area contributed by atoms with Gasteiger partial charge in [-0.3, -0.25) is 4.21 Å². The van der Waals surface area contributed by atoms with Crippen molar-refractivity contribution in [1.82, 2.24) is 9.97 Å². The normalized spacial score (nSPS) is 13.1. The van der Waals surface area contributed by atoms with Crippen LogP contribution in [-0.2, 0) is 10.8 Å². The first-order valence-corrected chi connectivity index (χ1v) is 6.05. The molecule has 0 saturated heterocycles. The van der Waals surface area contributed by atoms with Crippen LogP contribution in [0.2, 0.25) is 0 Å². The zero-order valence-electron chi connectivity index (χ0n) is 8.14. The molecule has 0 aliphatic carbocycles. The van der Waals surface area contributed by atoms with Crippen molar-refractivity contribution in [2.45, 2.75) is 11.3 Å². The van der Waals surface area contributed by atoms with Gasteiger partial charge in [0, 0.05) is 17.3 Å². The molecule has 1 aromatic heterocycles. The van der Waals surface area contributed by atoms with E-state index in [1.807, 2.05) is 18.2 Å². The number of nitrogens with zero attached hydrogens (tertiary/aromatic N) is 1. The largest absolute Gasteiger partial charge is 0.396 e. The predicted molar refractivity (Wildman–Crippen MR) is 59.1 cm³/mol. The van der Waals surface area contributed by atoms with Crippen molar-refractivity contribution < 1.29 is 9.32 Å². The fraction of sp³-hybridized carbons (Fsp3) is 0.300. The molecule has 5 heteroatoms. The SMILES string of the molecule is O=S(CCCO)c1ccc2nc[nH]c2c1. The molecule has 0 radical (unpaired) electrons. The Morgan fingerprint density at radius 3 is 3.13 bits per heavy atom. The van der Waals surface area contributed by atoms with Gasteiger partial charge in [0.1, 0.15) is 0 Å². The van der Waals surface area contributed by atoms with Crippen molar-refractivity contribution in [3.8, 4) is 0 Å². The number of aliphatic hydroxyl groups excluding tert-OH is 1. The minimum atomic E-state index is -1.03. The van der Waals surface area contributed by atoms with Gasteiger partial charge in [0.15, 0.2) is 0 Å². The first-order valence-electron chi connectivity index (χ1n) is 4.73. The molecule has 0 spiro atoms. The van der Waals surface area contributed by atoms with Gasteiger partial charge in [0.2, 0.25) is 0 Å². The Kier molecular flexibility index (Phi) is 3.13. The van der Waals surface area contributed by atoms with Crippen molar-refractivity contribution in [2.24, 2.45) is 0 Å². The van der Waals surface area contributed by atoms with Crippen LogP contribution in [0.15, 0.2) is 29.4 Å². The average Bonchev–Trinajstić information content (AvgIpc) is 2.72. The summed E-state index contributed by atoms with van der Waals surface area (Å²) >= 11 is 0. The molecule has 0 aliphatic rings. The lowest BCUT2D eigenvalue weighted by molar-refractivity contribution is 0.296. The van der Waals surface area contributed by atoms with E-state index in [4.69, 9.17) is 5.11 Å². The molecule has 0 bridgehead atoms. The molecule has 0 fully saturated rings. The van der Waals surface area contributed by atoms with E-state index in [0.29, 0.717) is 12.2 Å². The van der Waals surface area contributed by atoms with Gasteiger partial charge < -0.3 is 10.1 Å². The van der Waals surface area contributed by atoms with Gasteiger partial charge in [-0.25, -0.2) is 4.98 Å². The molecule has 4 nitrogen and oxygen atoms in total. The number of rotatable bonds is 4. The van der Waals surface area contributed by atoms with Crippen molar-refractivity contribution >= 4 is 21.8 Å². The minimum absolute atomic E-state index is 0.0814. The highest BCUT2D eigenvalue weighted by molar-refractivity contribution is 7.85. The van der Waals surface area contributed by atoms with Crippen LogP contribution < -0.4 is 0 Å². The highest BCUT2D eigenvalue weighted by atomic mass is 32.2. The van der Waals surface area contributed by atoms with Gasteiger partial charge in [-0.15, -0.1) is 0 Å². The summed E-state index contributed by atoms with van der Waals surface area (Å²) < 4.78 is 11.7. The third-order valence-corrected chi connectivity index (χ3v) is 3.58. The van der Waals surface area contributed by atoms with Crippen LogP contribution in [-0.4, -0.2) is 31.6 Å². The van der Waals surface area contributed by atoms with E-state index in [2.05, 4.69) is 9.97 Å². The maximum Gasteiger partial charge on any atom is 0.0931 e. The molecule has 1 aromatic carbocycles. The van der Waals surface area contributed by atoms with Gasteiger partial charge in [0.05, 0.1) is 28.2 Å². The van der Waals surface area contributed by atoms with Crippen LogP contribution >= 0.6 is 0 Å². The highest BCUT2D eigenvalue weighted by Crippen LogP contribution is 2.15. The second-order valence-corrected chi connectivity index (χ2v) is 4.78. The zero-order valence-corrected chi connectivity index (χ0v) is 8.96. The van der Waals surface area contributed by atoms with Crippen LogP contribution in [0, 0.1) is 0 Å². The number of imidazole rings is 1. The smallest absolute Gasteiger partial charge is 0.0931 e. The summed E-state index contributed by atoms with van der Waals surface area (Å²) in [5, 5.41) is 8.65. The van der Waals surface area contributed by atoms with Gasteiger partial charge in [-0.1, -0.05) is 0 Å². The van der Waals surface area contributed by atoms with Crippen LogP contribution in [0.1, 0.15) is 6.42 Å². The van der Waals surface area contributed by atoms with Crippen LogP contribution in [0.25, 0.3) is 11.0 Å². The molecular formula is C10H12N2O2S. The minimum Gasteiger partial charge on any atom is -0.396 e. The number of fused-ring (bicyclic) bond motifs is 1. The number of aliphatic hydroxyl groups is 1. The van der Waals surface area contributed by atoms with Crippen LogP contribution in [0.5, 0.6) is 0 Å². The lowest BCUT2D eigenvalue weighted by Crippen LogP contribution is -2.00. The fourth-order valence-corrected chi connectivity index (χ4v) is 2.47. The van der Waals surface area contributed by atoms with Gasteiger partial charge >= 0.3 is 0 Å². The molecule has 0 saturated carbocycles. The summed E-state index contributed by atoms with van der Waals surface area (Å²) in [6, 6.07) is 5.50. The zero-order chi connectivity index (χ0) is 10.7. The van der Waals surface area contributed by atoms with Crippen molar-refractivity contribution in [1.29, 1.82) is 0 Å². The number of nitrogens with one attached hydrogen (secondary N) is 1. The molecule has 0 aliphatic heterocycles. The van der Waals surface area contributed by atoms with Crippen LogP contribution in [0.3, 0.4) is 0 Å². The second-order valence-electron chi connectivity index (χ2n) is 3.21. The molecule has 1 heterocycles. The Labute approximate surface area is 89.8 Å². The van der Waals surface area contributed by atoms with Gasteiger partial charge in [-0.2, -0.15) is 0 Å². The lowest BCUT2D eigenvalue weighted by atomic mass is 10.3. The summed E-state index contributed by atoms with van der Waals surface area (Å²) in [7, 11) is -1.03. The topological polar surface area (TPSA) is 66.0 Å². The second kappa shape index (κ2) is 4.55. The monoisotopic (exact) mass is 224 g/mol. The Bertz CT molecular complexity index is 481. The molecule has 2 rings (SSSR count). The number of H-pyrrole nitrogens is 1. The van der Waals surface area contributed by atoms with Crippen molar-refractivity contribution in [2.75, 3.05) is 12.4 Å². The Morgan fingerprint density at radius 1 is 1.47 bits per heavy atom. The van der Waals surface area contributed by atoms with E-state index >= 15 is 0 Å². The maximum atomic E-state index is 11.7. The van der Waals surface area contributed by atoms with E-state index in [-0.39, 0.29) is 6.61 Å². The molecule has 2 aromatic rings. The summed E-state index contributed by atoms with van der Waals surface area (Å²) in [6.45, 7) is 0.0814. The van der Waals surface area contributed by atoms with Gasteiger partial charge in [-0.05, 0) is 24.6 Å². The van der Waals surface area contributed by atoms with E-state index in [9.17, 15) is 4.21 Å². The fourth-order valence-electron chi connectivity index (χ4n) is 1.37. The molecule has 2 N–H and O–H groups in total. The molecule has 0 amide bonds. The molecule has 1 atom stereocenters. The number of hydrogen-bond acceptors (Lipinski definition) is 3.